The van der Waals surface area contributed by atoms with Gasteiger partial charge in [-0.1, -0.05) is 0 Å². The zero-order valence-corrected chi connectivity index (χ0v) is 7.79. The van der Waals surface area contributed by atoms with Crippen LogP contribution in [-0.2, 0) is 25.3 Å². The average molecular weight is 165 g/mol. The topological polar surface area (TPSA) is 18.5 Å². The second-order valence-corrected chi connectivity index (χ2v) is 4.90. The van der Waals surface area contributed by atoms with Gasteiger partial charge < -0.3 is 0 Å². The van der Waals surface area contributed by atoms with Crippen molar-refractivity contribution in [1.82, 2.24) is 0 Å². The summed E-state index contributed by atoms with van der Waals surface area (Å²) in [6, 6.07) is 0. The first-order valence-electron chi connectivity index (χ1n) is 2.79. The van der Waals surface area contributed by atoms with Crippen molar-refractivity contribution in [3.63, 3.8) is 0 Å². The molecule has 0 aliphatic rings. The van der Waals surface area contributed by atoms with E-state index in [1.54, 1.807) is 14.2 Å². The molecule has 3 heteroatoms. The Labute approximate surface area is 63.6 Å². The SMILES string of the molecule is C=C(C)[CH2][Ti]([O]C)[O]C. The molecule has 0 saturated heterocycles. The Morgan fingerprint density at radius 3 is 2.00 bits per heavy atom. The third-order valence-corrected chi connectivity index (χ3v) is 3.72. The third kappa shape index (κ3) is 4.85. The molecule has 0 atom stereocenters. The molecule has 0 radical (unpaired) electrons. The van der Waals surface area contributed by atoms with Gasteiger partial charge in [0.05, 0.1) is 0 Å². The van der Waals surface area contributed by atoms with Crippen LogP contribution in [0.2, 0.25) is 4.73 Å². The Bertz CT molecular complexity index is 89.1. The van der Waals surface area contributed by atoms with Gasteiger partial charge in [-0.15, -0.1) is 0 Å². The van der Waals surface area contributed by atoms with Crippen molar-refractivity contribution in [2.45, 2.75) is 11.6 Å². The van der Waals surface area contributed by atoms with Crippen LogP contribution in [0.15, 0.2) is 12.2 Å². The first-order valence-corrected chi connectivity index (χ1v) is 5.16. The monoisotopic (exact) mass is 165 g/mol. The van der Waals surface area contributed by atoms with Gasteiger partial charge in [-0.2, -0.15) is 0 Å². The molecule has 0 amide bonds. The van der Waals surface area contributed by atoms with Crippen LogP contribution < -0.4 is 0 Å². The van der Waals surface area contributed by atoms with E-state index in [9.17, 15) is 0 Å². The van der Waals surface area contributed by atoms with Gasteiger partial charge in [-0.05, 0) is 0 Å². The molecule has 0 N–H and O–H groups in total. The van der Waals surface area contributed by atoms with Gasteiger partial charge in [0.25, 0.3) is 0 Å². The van der Waals surface area contributed by atoms with Crippen LogP contribution in [0.5, 0.6) is 0 Å². The second kappa shape index (κ2) is 5.18. The minimum atomic E-state index is -1.59. The van der Waals surface area contributed by atoms with Crippen LogP contribution in [0.1, 0.15) is 6.92 Å². The summed E-state index contributed by atoms with van der Waals surface area (Å²) in [6.07, 6.45) is 0. The first kappa shape index (κ1) is 9.37. The molecule has 0 saturated carbocycles. The Balaban J connectivity index is 3.43. The van der Waals surface area contributed by atoms with Gasteiger partial charge in [0.15, 0.2) is 0 Å². The zero-order chi connectivity index (χ0) is 7.28. The predicted octanol–water partition coefficient (Wildman–Crippen LogP) is 1.72. The molecule has 0 aliphatic carbocycles. The Hall–Kier alpha value is 0.374. The summed E-state index contributed by atoms with van der Waals surface area (Å²) < 4.78 is 11.1. The summed E-state index contributed by atoms with van der Waals surface area (Å²) in [7, 11) is 3.39. The molecule has 0 aliphatic heterocycles. The van der Waals surface area contributed by atoms with E-state index in [0.29, 0.717) is 0 Å². The fraction of sp³-hybridized carbons (Fsp3) is 0.667. The van der Waals surface area contributed by atoms with Gasteiger partial charge in [0.2, 0.25) is 0 Å². The fourth-order valence-corrected chi connectivity index (χ4v) is 1.95. The molecule has 0 aromatic heterocycles. The normalized spacial score (nSPS) is 9.22. The molecular formula is C6H13O2Ti. The molecule has 0 heterocycles. The number of hydrogen-bond donors (Lipinski definition) is 0. The Morgan fingerprint density at radius 1 is 1.44 bits per heavy atom. The van der Waals surface area contributed by atoms with Gasteiger partial charge in [-0.3, -0.25) is 0 Å². The van der Waals surface area contributed by atoms with E-state index in [2.05, 4.69) is 6.58 Å². The van der Waals surface area contributed by atoms with Gasteiger partial charge in [0, 0.05) is 0 Å². The molecule has 53 valence electrons. The van der Waals surface area contributed by atoms with Crippen LogP contribution in [0.25, 0.3) is 0 Å². The molecule has 0 rings (SSSR count). The van der Waals surface area contributed by atoms with Crippen LogP contribution in [-0.4, -0.2) is 14.2 Å². The summed E-state index contributed by atoms with van der Waals surface area (Å²) in [5.41, 5.74) is 1.15. The van der Waals surface area contributed by atoms with Crippen molar-refractivity contribution in [2.75, 3.05) is 14.2 Å². The van der Waals surface area contributed by atoms with Crippen molar-refractivity contribution in [2.24, 2.45) is 0 Å². The zero-order valence-electron chi connectivity index (χ0n) is 6.23. The van der Waals surface area contributed by atoms with E-state index >= 15 is 0 Å². The summed E-state index contributed by atoms with van der Waals surface area (Å²) >= 11 is -1.59. The van der Waals surface area contributed by atoms with Crippen molar-refractivity contribution < 1.29 is 25.3 Å². The van der Waals surface area contributed by atoms with Gasteiger partial charge in [-0.25, -0.2) is 0 Å². The number of hydrogen-bond acceptors (Lipinski definition) is 2. The summed E-state index contributed by atoms with van der Waals surface area (Å²) in [6.45, 7) is 5.76. The average Bonchev–Trinajstić information content (AvgIpc) is 1.82. The first-order chi connectivity index (χ1) is 4.20. The van der Waals surface area contributed by atoms with Crippen LogP contribution in [0, 0.1) is 0 Å². The second-order valence-electron chi connectivity index (χ2n) is 1.91. The Kier molecular flexibility index (Phi) is 5.40. The van der Waals surface area contributed by atoms with Crippen LogP contribution >= 0.6 is 0 Å². The molecule has 0 fully saturated rings. The maximum atomic E-state index is 5.09. The summed E-state index contributed by atoms with van der Waals surface area (Å²) in [5.74, 6) is 0. The molecule has 0 aromatic rings. The number of rotatable bonds is 4. The molecule has 0 spiro atoms. The molecular weight excluding hydrogens is 152 g/mol. The molecule has 0 unspecified atom stereocenters. The van der Waals surface area contributed by atoms with E-state index < -0.39 is 18.6 Å². The molecule has 9 heavy (non-hydrogen) atoms. The van der Waals surface area contributed by atoms with E-state index in [1.165, 1.54) is 0 Å². The summed E-state index contributed by atoms with van der Waals surface area (Å²) in [5, 5.41) is 0. The van der Waals surface area contributed by atoms with E-state index in [4.69, 9.17) is 6.64 Å². The summed E-state index contributed by atoms with van der Waals surface area (Å²) in [4.78, 5) is 0. The molecule has 0 bridgehead atoms. The third-order valence-electron chi connectivity index (χ3n) is 0.901. The van der Waals surface area contributed by atoms with Crippen molar-refractivity contribution in [1.29, 1.82) is 0 Å². The molecule has 2 nitrogen and oxygen atoms in total. The van der Waals surface area contributed by atoms with E-state index in [0.717, 1.165) is 10.3 Å². The van der Waals surface area contributed by atoms with Crippen molar-refractivity contribution in [3.8, 4) is 0 Å². The molecule has 0 aromatic carbocycles. The van der Waals surface area contributed by atoms with Crippen LogP contribution in [0.3, 0.4) is 0 Å². The van der Waals surface area contributed by atoms with Gasteiger partial charge in [0.1, 0.15) is 0 Å². The quantitative estimate of drug-likeness (QED) is 0.466. The van der Waals surface area contributed by atoms with E-state index in [-0.39, 0.29) is 0 Å². The maximum absolute atomic E-state index is 5.09. The van der Waals surface area contributed by atoms with Crippen molar-refractivity contribution >= 4 is 0 Å². The minimum absolute atomic E-state index is 0.938. The van der Waals surface area contributed by atoms with Crippen molar-refractivity contribution in [3.05, 3.63) is 12.2 Å². The van der Waals surface area contributed by atoms with E-state index in [1.807, 2.05) is 6.92 Å². The Morgan fingerprint density at radius 2 is 1.89 bits per heavy atom. The van der Waals surface area contributed by atoms with Gasteiger partial charge >= 0.3 is 63.3 Å². The predicted molar refractivity (Wildman–Crippen MR) is 33.6 cm³/mol. The standard InChI is InChI=1S/C4H7.2CH3O.Ti/c1-4(2)3;2*1-2;/h1-2H2,3H3;2*1H3;/q;2*-1;+2. The van der Waals surface area contributed by atoms with Crippen LogP contribution in [0.4, 0.5) is 0 Å². The fourth-order valence-electron chi connectivity index (χ4n) is 0.474. The number of allylic oxidation sites excluding steroid dienone is 1.